The van der Waals surface area contributed by atoms with E-state index in [1.54, 1.807) is 0 Å². The van der Waals surface area contributed by atoms with Crippen molar-refractivity contribution in [3.63, 3.8) is 0 Å². The number of hydrogen-bond acceptors (Lipinski definition) is 4. The fraction of sp³-hybridized carbons (Fsp3) is 0.625. The number of aryl methyl sites for hydroxylation is 1. The average Bonchev–Trinajstić information content (AvgIpc) is 2.96. The summed E-state index contributed by atoms with van der Waals surface area (Å²) in [5.74, 6) is 1.22. The summed E-state index contributed by atoms with van der Waals surface area (Å²) in [5.41, 5.74) is 3.15. The first-order valence-corrected chi connectivity index (χ1v) is 8.61. The van der Waals surface area contributed by atoms with Crippen molar-refractivity contribution >= 4 is 30.2 Å². The van der Waals surface area contributed by atoms with Crippen molar-refractivity contribution in [2.45, 2.75) is 52.2 Å². The molecule has 0 saturated carbocycles. The van der Waals surface area contributed by atoms with E-state index in [1.807, 2.05) is 11.9 Å². The van der Waals surface area contributed by atoms with Gasteiger partial charge in [0.05, 0.1) is 11.2 Å². The second-order valence-electron chi connectivity index (χ2n) is 6.92. The molecule has 0 atom stereocenters. The quantitative estimate of drug-likeness (QED) is 0.618. The van der Waals surface area contributed by atoms with E-state index in [9.17, 15) is 0 Å². The summed E-state index contributed by atoms with van der Waals surface area (Å²) in [5, 5.41) is 0. The number of anilines is 1. The van der Waals surface area contributed by atoms with Gasteiger partial charge >= 0.3 is 7.12 Å². The summed E-state index contributed by atoms with van der Waals surface area (Å²) in [7, 11) is -0.269. The van der Waals surface area contributed by atoms with Crippen LogP contribution in [0.1, 0.15) is 39.7 Å². The average molecular weight is 305 g/mol. The lowest BCUT2D eigenvalue weighted by Gasteiger charge is -2.32. The van der Waals surface area contributed by atoms with Crippen molar-refractivity contribution in [1.29, 1.82) is 0 Å². The Labute approximate surface area is 132 Å². The molecule has 0 amide bonds. The van der Waals surface area contributed by atoms with Crippen LogP contribution in [0.3, 0.4) is 0 Å². The number of benzene rings is 1. The van der Waals surface area contributed by atoms with E-state index >= 15 is 0 Å². The van der Waals surface area contributed by atoms with Crippen LogP contribution in [0.5, 0.6) is 0 Å². The molecule has 0 radical (unpaired) electrons. The third-order valence-corrected chi connectivity index (χ3v) is 5.93. The SMILES string of the molecule is Cc1cc(B2OC(C)(C)C(C)(C)O2)ccc1N1CCCS1. The van der Waals surface area contributed by atoms with Crippen LogP contribution in [-0.2, 0) is 9.31 Å². The first-order chi connectivity index (χ1) is 9.80. The highest BCUT2D eigenvalue weighted by Crippen LogP contribution is 2.37. The van der Waals surface area contributed by atoms with Crippen molar-refractivity contribution in [1.82, 2.24) is 0 Å². The summed E-state index contributed by atoms with van der Waals surface area (Å²) in [6.07, 6.45) is 1.27. The normalized spacial score (nSPS) is 23.9. The Hall–Kier alpha value is -0.645. The third kappa shape index (κ3) is 2.71. The molecule has 21 heavy (non-hydrogen) atoms. The van der Waals surface area contributed by atoms with Gasteiger partial charge in [0.2, 0.25) is 0 Å². The molecule has 114 valence electrons. The van der Waals surface area contributed by atoms with Gasteiger partial charge in [-0.05, 0) is 70.1 Å². The number of nitrogens with zero attached hydrogens (tertiary/aromatic N) is 1. The molecule has 0 unspecified atom stereocenters. The zero-order valence-corrected chi connectivity index (χ0v) is 14.4. The third-order valence-electron chi connectivity index (χ3n) is 4.77. The molecule has 2 heterocycles. The number of rotatable bonds is 2. The lowest BCUT2D eigenvalue weighted by Crippen LogP contribution is -2.41. The summed E-state index contributed by atoms with van der Waals surface area (Å²) in [4.78, 5) is 0. The smallest absolute Gasteiger partial charge is 0.399 e. The minimum atomic E-state index is -0.283. The highest BCUT2D eigenvalue weighted by Gasteiger charge is 2.51. The largest absolute Gasteiger partial charge is 0.494 e. The molecule has 2 saturated heterocycles. The maximum atomic E-state index is 6.13. The monoisotopic (exact) mass is 305 g/mol. The van der Waals surface area contributed by atoms with Gasteiger partial charge in [0.15, 0.2) is 0 Å². The van der Waals surface area contributed by atoms with Crippen molar-refractivity contribution in [2.75, 3.05) is 16.6 Å². The van der Waals surface area contributed by atoms with Gasteiger partial charge in [0, 0.05) is 18.0 Å². The molecule has 1 aromatic rings. The summed E-state index contributed by atoms with van der Waals surface area (Å²) in [6.45, 7) is 11.7. The van der Waals surface area contributed by atoms with Crippen molar-refractivity contribution in [3.05, 3.63) is 23.8 Å². The Bertz CT molecular complexity index is 525. The molecular formula is C16H24BNO2S. The molecule has 0 aromatic heterocycles. The standard InChI is InChI=1S/C16H24BNO2S/c1-12-11-13(7-8-14(12)18-9-6-10-21-18)17-19-15(2,3)16(4,5)20-17/h7-8,11H,6,9-10H2,1-5H3. The van der Waals surface area contributed by atoms with Crippen LogP contribution < -0.4 is 9.77 Å². The zero-order chi connectivity index (χ0) is 15.3. The minimum absolute atomic E-state index is 0.269. The number of hydrogen-bond donors (Lipinski definition) is 0. The highest BCUT2D eigenvalue weighted by atomic mass is 32.2. The van der Waals surface area contributed by atoms with Gasteiger partial charge < -0.3 is 13.6 Å². The van der Waals surface area contributed by atoms with Crippen LogP contribution in [0.4, 0.5) is 5.69 Å². The lowest BCUT2D eigenvalue weighted by atomic mass is 9.78. The van der Waals surface area contributed by atoms with Gasteiger partial charge in [-0.1, -0.05) is 12.1 Å². The molecule has 3 rings (SSSR count). The van der Waals surface area contributed by atoms with Crippen LogP contribution in [0.2, 0.25) is 0 Å². The minimum Gasteiger partial charge on any atom is -0.399 e. The Balaban J connectivity index is 1.83. The zero-order valence-electron chi connectivity index (χ0n) is 13.6. The maximum Gasteiger partial charge on any atom is 0.494 e. The lowest BCUT2D eigenvalue weighted by molar-refractivity contribution is 0.00578. The first-order valence-electron chi connectivity index (χ1n) is 7.67. The molecule has 0 N–H and O–H groups in total. The molecule has 0 bridgehead atoms. The van der Waals surface area contributed by atoms with Gasteiger partial charge in [-0.3, -0.25) is 0 Å². The fourth-order valence-corrected chi connectivity index (χ4v) is 3.80. The van der Waals surface area contributed by atoms with Gasteiger partial charge in [0.1, 0.15) is 0 Å². The van der Waals surface area contributed by atoms with E-state index in [2.05, 4.69) is 57.1 Å². The molecule has 1 aromatic carbocycles. The van der Waals surface area contributed by atoms with Gasteiger partial charge in [-0.15, -0.1) is 0 Å². The van der Waals surface area contributed by atoms with E-state index in [1.165, 1.54) is 23.4 Å². The molecule has 2 fully saturated rings. The predicted octanol–water partition coefficient (Wildman–Crippen LogP) is 3.15. The van der Waals surface area contributed by atoms with E-state index in [-0.39, 0.29) is 18.3 Å². The Morgan fingerprint density at radius 3 is 2.33 bits per heavy atom. The molecule has 0 aliphatic carbocycles. The summed E-state index contributed by atoms with van der Waals surface area (Å²) < 4.78 is 14.7. The molecule has 5 heteroatoms. The molecule has 3 nitrogen and oxygen atoms in total. The highest BCUT2D eigenvalue weighted by molar-refractivity contribution is 8.00. The van der Waals surface area contributed by atoms with E-state index in [4.69, 9.17) is 9.31 Å². The fourth-order valence-electron chi connectivity index (χ4n) is 2.72. The molecule has 2 aliphatic rings. The van der Waals surface area contributed by atoms with Crippen LogP contribution in [-0.4, -0.2) is 30.6 Å². The molecule has 0 spiro atoms. The van der Waals surface area contributed by atoms with E-state index < -0.39 is 0 Å². The first kappa shape index (κ1) is 15.3. The van der Waals surface area contributed by atoms with Crippen LogP contribution in [0.25, 0.3) is 0 Å². The van der Waals surface area contributed by atoms with Gasteiger partial charge in [-0.25, -0.2) is 0 Å². The van der Waals surface area contributed by atoms with Crippen molar-refractivity contribution < 1.29 is 9.31 Å². The molecule has 2 aliphatic heterocycles. The van der Waals surface area contributed by atoms with Crippen molar-refractivity contribution in [2.24, 2.45) is 0 Å². The van der Waals surface area contributed by atoms with Crippen LogP contribution in [0.15, 0.2) is 18.2 Å². The second kappa shape index (κ2) is 5.22. The van der Waals surface area contributed by atoms with Crippen LogP contribution in [0, 0.1) is 6.92 Å². The van der Waals surface area contributed by atoms with E-state index in [0.29, 0.717) is 0 Å². The van der Waals surface area contributed by atoms with Gasteiger partial charge in [0.25, 0.3) is 0 Å². The van der Waals surface area contributed by atoms with Crippen LogP contribution >= 0.6 is 11.9 Å². The van der Waals surface area contributed by atoms with Crippen molar-refractivity contribution in [3.8, 4) is 0 Å². The Kier molecular flexibility index (Phi) is 3.79. The van der Waals surface area contributed by atoms with Gasteiger partial charge in [-0.2, -0.15) is 0 Å². The predicted molar refractivity (Wildman–Crippen MR) is 91.3 cm³/mol. The van der Waals surface area contributed by atoms with E-state index in [0.717, 1.165) is 12.0 Å². The topological polar surface area (TPSA) is 21.7 Å². The Morgan fingerprint density at radius 1 is 1.14 bits per heavy atom. The Morgan fingerprint density at radius 2 is 1.81 bits per heavy atom. The second-order valence-corrected chi connectivity index (χ2v) is 8.03. The summed E-state index contributed by atoms with van der Waals surface area (Å²) in [6, 6.07) is 6.55. The molecular weight excluding hydrogens is 281 g/mol. The summed E-state index contributed by atoms with van der Waals surface area (Å²) >= 11 is 1.92. The maximum absolute atomic E-state index is 6.13.